The Labute approximate surface area is 100.0 Å². The summed E-state index contributed by atoms with van der Waals surface area (Å²) >= 11 is 1.93. The topological polar surface area (TPSA) is 17.8 Å². The maximum atomic E-state index is 4.09. The highest BCUT2D eigenvalue weighted by Crippen LogP contribution is 2.37. The second-order valence-electron chi connectivity index (χ2n) is 4.48. The Morgan fingerprint density at radius 2 is 2.50 bits per heavy atom. The fourth-order valence-electron chi connectivity index (χ4n) is 2.61. The summed E-state index contributed by atoms with van der Waals surface area (Å²) in [6.45, 7) is 1.10. The molecule has 16 heavy (non-hydrogen) atoms. The van der Waals surface area contributed by atoms with E-state index in [-0.39, 0.29) is 0 Å². The molecule has 2 aromatic rings. The summed E-state index contributed by atoms with van der Waals surface area (Å²) < 4.78 is 2.18. The molecule has 0 fully saturated rings. The molecule has 0 amide bonds. The van der Waals surface area contributed by atoms with Crippen LogP contribution < -0.4 is 0 Å². The molecular formula is C13H16N2S. The lowest BCUT2D eigenvalue weighted by Gasteiger charge is -2.22. The van der Waals surface area contributed by atoms with Gasteiger partial charge in [0.1, 0.15) is 0 Å². The standard InChI is InChI=1S/C13H16N2S/c1-2-11(4-7-15-8-6-14-10-15)12-5-9-16-13(12)3-1/h5-6,8-11H,1-4,7H2/t11-/m0/s1. The number of rotatable bonds is 3. The number of fused-ring (bicyclic) bond motifs is 1. The number of thiophene rings is 1. The van der Waals surface area contributed by atoms with Crippen LogP contribution in [0, 0.1) is 0 Å². The molecule has 1 aliphatic carbocycles. The molecule has 1 atom stereocenters. The van der Waals surface area contributed by atoms with E-state index in [4.69, 9.17) is 0 Å². The molecule has 0 spiro atoms. The van der Waals surface area contributed by atoms with Crippen molar-refractivity contribution in [3.05, 3.63) is 40.6 Å². The van der Waals surface area contributed by atoms with E-state index in [0.717, 1.165) is 12.5 Å². The minimum atomic E-state index is 0.775. The van der Waals surface area contributed by atoms with Gasteiger partial charge in [-0.15, -0.1) is 11.3 Å². The zero-order valence-electron chi connectivity index (χ0n) is 9.30. The van der Waals surface area contributed by atoms with Crippen LogP contribution in [0.15, 0.2) is 30.2 Å². The van der Waals surface area contributed by atoms with Gasteiger partial charge in [0.05, 0.1) is 6.33 Å². The van der Waals surface area contributed by atoms with Crippen molar-refractivity contribution < 1.29 is 0 Å². The highest BCUT2D eigenvalue weighted by Gasteiger charge is 2.20. The Kier molecular flexibility index (Phi) is 2.79. The van der Waals surface area contributed by atoms with E-state index in [0.29, 0.717) is 0 Å². The predicted octanol–water partition coefficient (Wildman–Crippen LogP) is 3.45. The molecule has 0 N–H and O–H groups in total. The van der Waals surface area contributed by atoms with Gasteiger partial charge in [-0.2, -0.15) is 0 Å². The van der Waals surface area contributed by atoms with Crippen LogP contribution in [0.1, 0.15) is 35.6 Å². The number of hydrogen-bond acceptors (Lipinski definition) is 2. The van der Waals surface area contributed by atoms with Crippen LogP contribution in [0.3, 0.4) is 0 Å². The van der Waals surface area contributed by atoms with Crippen LogP contribution >= 0.6 is 11.3 Å². The van der Waals surface area contributed by atoms with E-state index in [1.165, 1.54) is 25.7 Å². The lowest BCUT2D eigenvalue weighted by atomic mass is 9.85. The van der Waals surface area contributed by atoms with E-state index < -0.39 is 0 Å². The molecule has 0 radical (unpaired) electrons. The number of hydrogen-bond donors (Lipinski definition) is 0. The van der Waals surface area contributed by atoms with Crippen molar-refractivity contribution in [1.29, 1.82) is 0 Å². The van der Waals surface area contributed by atoms with E-state index in [2.05, 4.69) is 27.2 Å². The van der Waals surface area contributed by atoms with Gasteiger partial charge in [-0.05, 0) is 48.6 Å². The van der Waals surface area contributed by atoms with E-state index in [9.17, 15) is 0 Å². The number of aromatic nitrogens is 2. The predicted molar refractivity (Wildman–Crippen MR) is 66.8 cm³/mol. The van der Waals surface area contributed by atoms with Crippen LogP contribution in [-0.4, -0.2) is 9.55 Å². The summed E-state index contributed by atoms with van der Waals surface area (Å²) in [7, 11) is 0. The summed E-state index contributed by atoms with van der Waals surface area (Å²) in [6.07, 6.45) is 11.1. The zero-order valence-corrected chi connectivity index (χ0v) is 10.1. The van der Waals surface area contributed by atoms with Gasteiger partial charge in [0.15, 0.2) is 0 Å². The Morgan fingerprint density at radius 3 is 3.38 bits per heavy atom. The molecule has 2 heterocycles. The first-order chi connectivity index (χ1) is 7.93. The fraction of sp³-hybridized carbons (Fsp3) is 0.462. The highest BCUT2D eigenvalue weighted by molar-refractivity contribution is 7.10. The Morgan fingerprint density at radius 1 is 1.50 bits per heavy atom. The first-order valence-corrected chi connectivity index (χ1v) is 6.83. The minimum Gasteiger partial charge on any atom is -0.337 e. The number of imidazole rings is 1. The van der Waals surface area contributed by atoms with Crippen LogP contribution in [-0.2, 0) is 13.0 Å². The van der Waals surface area contributed by atoms with Crippen molar-refractivity contribution in [3.63, 3.8) is 0 Å². The molecule has 3 heteroatoms. The van der Waals surface area contributed by atoms with Crippen LogP contribution in [0.5, 0.6) is 0 Å². The highest BCUT2D eigenvalue weighted by atomic mass is 32.1. The normalized spacial score (nSPS) is 19.6. The second kappa shape index (κ2) is 4.42. The number of nitrogens with zero attached hydrogens (tertiary/aromatic N) is 2. The fourth-order valence-corrected chi connectivity index (χ4v) is 3.62. The molecule has 0 aromatic carbocycles. The van der Waals surface area contributed by atoms with Crippen molar-refractivity contribution in [2.75, 3.05) is 0 Å². The maximum absolute atomic E-state index is 4.09. The molecular weight excluding hydrogens is 216 g/mol. The molecule has 0 aliphatic heterocycles. The first kappa shape index (κ1) is 10.1. The second-order valence-corrected chi connectivity index (χ2v) is 5.48. The molecule has 0 unspecified atom stereocenters. The van der Waals surface area contributed by atoms with Gasteiger partial charge in [-0.25, -0.2) is 4.98 Å². The molecule has 0 saturated heterocycles. The quantitative estimate of drug-likeness (QED) is 0.792. The van der Waals surface area contributed by atoms with E-state index in [1.807, 2.05) is 23.9 Å². The molecule has 0 bridgehead atoms. The lowest BCUT2D eigenvalue weighted by molar-refractivity contribution is 0.486. The van der Waals surface area contributed by atoms with Crippen molar-refractivity contribution >= 4 is 11.3 Å². The number of aryl methyl sites for hydroxylation is 2. The average Bonchev–Trinajstić information content (AvgIpc) is 2.97. The Balaban J connectivity index is 1.69. The van der Waals surface area contributed by atoms with E-state index >= 15 is 0 Å². The zero-order chi connectivity index (χ0) is 10.8. The van der Waals surface area contributed by atoms with Gasteiger partial charge in [0.2, 0.25) is 0 Å². The lowest BCUT2D eigenvalue weighted by Crippen LogP contribution is -2.09. The van der Waals surface area contributed by atoms with Crippen molar-refractivity contribution in [3.8, 4) is 0 Å². The van der Waals surface area contributed by atoms with Crippen molar-refractivity contribution in [2.45, 2.75) is 38.1 Å². The summed E-state index contributed by atoms with van der Waals surface area (Å²) in [5, 5.41) is 2.25. The molecule has 84 valence electrons. The maximum Gasteiger partial charge on any atom is 0.0945 e. The van der Waals surface area contributed by atoms with Gasteiger partial charge in [0, 0.05) is 23.8 Å². The minimum absolute atomic E-state index is 0.775. The Hall–Kier alpha value is -1.09. The van der Waals surface area contributed by atoms with Gasteiger partial charge in [-0.1, -0.05) is 0 Å². The molecule has 3 rings (SSSR count). The summed E-state index contributed by atoms with van der Waals surface area (Å²) in [5.41, 5.74) is 1.62. The van der Waals surface area contributed by atoms with Crippen LogP contribution in [0.2, 0.25) is 0 Å². The van der Waals surface area contributed by atoms with Gasteiger partial charge < -0.3 is 4.57 Å². The average molecular weight is 232 g/mol. The third-order valence-corrected chi connectivity index (χ3v) is 4.47. The van der Waals surface area contributed by atoms with Crippen molar-refractivity contribution in [2.24, 2.45) is 0 Å². The first-order valence-electron chi connectivity index (χ1n) is 5.95. The Bertz CT molecular complexity index is 444. The van der Waals surface area contributed by atoms with Gasteiger partial charge in [0.25, 0.3) is 0 Å². The van der Waals surface area contributed by atoms with Gasteiger partial charge >= 0.3 is 0 Å². The van der Waals surface area contributed by atoms with Crippen LogP contribution in [0.25, 0.3) is 0 Å². The van der Waals surface area contributed by atoms with E-state index in [1.54, 1.807) is 10.4 Å². The summed E-state index contributed by atoms with van der Waals surface area (Å²) in [5.74, 6) is 0.775. The summed E-state index contributed by atoms with van der Waals surface area (Å²) in [4.78, 5) is 5.71. The molecule has 0 saturated carbocycles. The SMILES string of the molecule is c1cn(CC[C@@H]2CCCc3sccc32)cn1. The largest absolute Gasteiger partial charge is 0.337 e. The van der Waals surface area contributed by atoms with Crippen molar-refractivity contribution in [1.82, 2.24) is 9.55 Å². The monoisotopic (exact) mass is 232 g/mol. The molecule has 2 aromatic heterocycles. The third kappa shape index (κ3) is 1.92. The van der Waals surface area contributed by atoms with Gasteiger partial charge in [-0.3, -0.25) is 0 Å². The smallest absolute Gasteiger partial charge is 0.0945 e. The molecule has 1 aliphatic rings. The molecule has 2 nitrogen and oxygen atoms in total. The third-order valence-electron chi connectivity index (χ3n) is 3.47. The van der Waals surface area contributed by atoms with Crippen LogP contribution in [0.4, 0.5) is 0 Å². The summed E-state index contributed by atoms with van der Waals surface area (Å²) in [6, 6.07) is 2.33.